The second-order valence-corrected chi connectivity index (χ2v) is 25.2. The molecule has 1 fully saturated rings. The average molecular weight is 908 g/mol. The SMILES string of the molecule is CC(C)(C)CCCCCCCCCOC[C@H]1OC(=O)[C@H](OCCCCCCCCCC(C)(C)C)[C@@H](OCCCCCCCCCC(C)(C)C)[C@@H]1OCCCCCCCCCC(C)(C)C. The largest absolute Gasteiger partial charge is 0.455 e. The van der Waals surface area contributed by atoms with Crippen molar-refractivity contribution >= 4 is 5.97 Å². The number of unbranched alkanes of at least 4 members (excludes halogenated alkanes) is 24. The van der Waals surface area contributed by atoms with Gasteiger partial charge in [0.15, 0.2) is 12.2 Å². The van der Waals surface area contributed by atoms with Gasteiger partial charge in [-0.15, -0.1) is 0 Å². The quantitative estimate of drug-likeness (QED) is 0.0450. The van der Waals surface area contributed by atoms with E-state index >= 15 is 0 Å². The van der Waals surface area contributed by atoms with Gasteiger partial charge in [-0.1, -0.05) is 237 Å². The van der Waals surface area contributed by atoms with Gasteiger partial charge >= 0.3 is 5.97 Å². The van der Waals surface area contributed by atoms with Crippen LogP contribution in [0.4, 0.5) is 0 Å². The van der Waals surface area contributed by atoms with Crippen molar-refractivity contribution in [2.45, 2.75) is 313 Å². The molecule has 0 aromatic rings. The summed E-state index contributed by atoms with van der Waals surface area (Å²) in [5.74, 6) is -0.314. The third kappa shape index (κ3) is 38.3. The topological polar surface area (TPSA) is 63.2 Å². The zero-order valence-electron chi connectivity index (χ0n) is 45.4. The number of carbonyl (C=O) groups excluding carboxylic acids is 1. The van der Waals surface area contributed by atoms with Crippen LogP contribution in [0.15, 0.2) is 0 Å². The van der Waals surface area contributed by atoms with E-state index in [0.29, 0.717) is 54.7 Å². The predicted molar refractivity (Wildman–Crippen MR) is 275 cm³/mol. The maximum Gasteiger partial charge on any atom is 0.338 e. The normalized spacial score (nSPS) is 18.8. The van der Waals surface area contributed by atoms with Crippen molar-refractivity contribution in [3.8, 4) is 0 Å². The van der Waals surface area contributed by atoms with Crippen LogP contribution in [0, 0.1) is 21.7 Å². The van der Waals surface area contributed by atoms with Crippen molar-refractivity contribution in [2.75, 3.05) is 33.0 Å². The zero-order chi connectivity index (χ0) is 47.6. The van der Waals surface area contributed by atoms with Gasteiger partial charge in [0.05, 0.1) is 6.61 Å². The highest BCUT2D eigenvalue weighted by molar-refractivity contribution is 5.77. The first-order valence-electron chi connectivity index (χ1n) is 27.9. The van der Waals surface area contributed by atoms with Gasteiger partial charge in [0, 0.05) is 26.4 Å². The van der Waals surface area contributed by atoms with E-state index in [0.717, 1.165) is 44.9 Å². The number of hydrogen-bond acceptors (Lipinski definition) is 6. The van der Waals surface area contributed by atoms with Crippen LogP contribution >= 0.6 is 0 Å². The van der Waals surface area contributed by atoms with Crippen molar-refractivity contribution < 1.29 is 28.5 Å². The molecule has 0 aliphatic carbocycles. The third-order valence-electron chi connectivity index (χ3n) is 13.1. The lowest BCUT2D eigenvalue weighted by molar-refractivity contribution is -0.233. The van der Waals surface area contributed by atoms with Gasteiger partial charge in [0.25, 0.3) is 0 Å². The van der Waals surface area contributed by atoms with Crippen LogP contribution in [0.1, 0.15) is 289 Å². The molecule has 382 valence electrons. The highest BCUT2D eigenvalue weighted by atomic mass is 16.6. The summed E-state index contributed by atoms with van der Waals surface area (Å²) in [6.07, 6.45) is 37.6. The molecule has 0 aromatic heterocycles. The summed E-state index contributed by atoms with van der Waals surface area (Å²) in [5.41, 5.74) is 1.73. The molecule has 4 atom stereocenters. The van der Waals surface area contributed by atoms with E-state index in [9.17, 15) is 4.79 Å². The summed E-state index contributed by atoms with van der Waals surface area (Å²) in [6.45, 7) is 30.9. The Bertz CT molecular complexity index is 1060. The van der Waals surface area contributed by atoms with Gasteiger partial charge in [-0.3, -0.25) is 0 Å². The fraction of sp³-hybridized carbons (Fsp3) is 0.983. The molecule has 0 saturated carbocycles. The maximum absolute atomic E-state index is 13.8. The van der Waals surface area contributed by atoms with Crippen molar-refractivity contribution in [1.82, 2.24) is 0 Å². The molecule has 1 aliphatic heterocycles. The standard InChI is InChI=1S/C58H114O6/c1-55(2,3)41-33-25-17-13-21-29-37-45-60-49-50-51(61-46-38-30-22-14-18-26-34-42-56(4,5)6)52(62-47-39-31-23-15-19-27-35-43-57(7,8)9)53(54(59)64-50)63-48-40-32-24-16-20-28-36-44-58(10,11)12/h50-53H,13-49H2,1-12H3/t50-,51-,52+,53-/m1/s1. The Hall–Kier alpha value is -0.690. The Morgan fingerprint density at radius 2 is 0.609 bits per heavy atom. The van der Waals surface area contributed by atoms with Crippen LogP contribution in [0.2, 0.25) is 0 Å². The number of carbonyl (C=O) groups is 1. The molecule has 0 spiro atoms. The van der Waals surface area contributed by atoms with Gasteiger partial charge in [0.1, 0.15) is 12.2 Å². The third-order valence-corrected chi connectivity index (χ3v) is 13.1. The van der Waals surface area contributed by atoms with E-state index < -0.39 is 24.4 Å². The van der Waals surface area contributed by atoms with Crippen LogP contribution in [0.3, 0.4) is 0 Å². The minimum atomic E-state index is -0.766. The van der Waals surface area contributed by atoms with Gasteiger partial charge in [-0.05, 0) is 73.0 Å². The molecule has 0 amide bonds. The van der Waals surface area contributed by atoms with E-state index in [1.54, 1.807) is 0 Å². The van der Waals surface area contributed by atoms with Gasteiger partial charge in [0.2, 0.25) is 0 Å². The van der Waals surface area contributed by atoms with Crippen molar-refractivity contribution in [2.24, 2.45) is 21.7 Å². The van der Waals surface area contributed by atoms with Crippen molar-refractivity contribution in [3.63, 3.8) is 0 Å². The Morgan fingerprint density at radius 1 is 0.344 bits per heavy atom. The average Bonchev–Trinajstić information content (AvgIpc) is 3.18. The molecule has 0 bridgehead atoms. The summed E-state index contributed by atoms with van der Waals surface area (Å²) in [5, 5.41) is 0. The highest BCUT2D eigenvalue weighted by Crippen LogP contribution is 2.29. The summed E-state index contributed by atoms with van der Waals surface area (Å²) in [6, 6.07) is 0. The number of ether oxygens (including phenoxy) is 5. The molecule has 0 unspecified atom stereocenters. The molecule has 0 N–H and O–H groups in total. The van der Waals surface area contributed by atoms with Crippen LogP contribution in [0.25, 0.3) is 0 Å². The van der Waals surface area contributed by atoms with E-state index in [-0.39, 0.29) is 5.97 Å². The lowest BCUT2D eigenvalue weighted by atomic mass is 9.89. The smallest absolute Gasteiger partial charge is 0.338 e. The van der Waals surface area contributed by atoms with Crippen molar-refractivity contribution in [1.29, 1.82) is 0 Å². The highest BCUT2D eigenvalue weighted by Gasteiger charge is 2.48. The predicted octanol–water partition coefficient (Wildman–Crippen LogP) is 17.8. The molecule has 0 aromatic carbocycles. The first-order valence-corrected chi connectivity index (χ1v) is 27.9. The second-order valence-electron chi connectivity index (χ2n) is 25.2. The van der Waals surface area contributed by atoms with E-state index in [2.05, 4.69) is 83.1 Å². The molecular formula is C58H114O6. The lowest BCUT2D eigenvalue weighted by Gasteiger charge is -2.41. The Balaban J connectivity index is 2.81. The fourth-order valence-electron chi connectivity index (χ4n) is 8.99. The van der Waals surface area contributed by atoms with Gasteiger partial charge in [-0.2, -0.15) is 0 Å². The first-order chi connectivity index (χ1) is 30.3. The maximum atomic E-state index is 13.8. The number of cyclic esters (lactones) is 1. The molecule has 1 aliphatic rings. The fourth-order valence-corrected chi connectivity index (χ4v) is 8.99. The summed E-state index contributed by atoms with van der Waals surface area (Å²) >= 11 is 0. The van der Waals surface area contributed by atoms with Crippen LogP contribution < -0.4 is 0 Å². The molecule has 1 rings (SSSR count). The van der Waals surface area contributed by atoms with Gasteiger partial charge in [-0.25, -0.2) is 4.79 Å². The number of hydrogen-bond donors (Lipinski definition) is 0. The summed E-state index contributed by atoms with van der Waals surface area (Å²) in [4.78, 5) is 13.8. The lowest BCUT2D eigenvalue weighted by Crippen LogP contribution is -2.60. The molecule has 6 nitrogen and oxygen atoms in total. The Labute approximate surface area is 400 Å². The van der Waals surface area contributed by atoms with Gasteiger partial charge < -0.3 is 23.7 Å². The molecular weight excluding hydrogens is 793 g/mol. The zero-order valence-corrected chi connectivity index (χ0v) is 45.4. The number of esters is 1. The van der Waals surface area contributed by atoms with Crippen LogP contribution in [0.5, 0.6) is 0 Å². The minimum absolute atomic E-state index is 0.314. The molecule has 1 saturated heterocycles. The second kappa shape index (κ2) is 36.3. The van der Waals surface area contributed by atoms with Crippen LogP contribution in [-0.4, -0.2) is 63.4 Å². The molecule has 6 heteroatoms. The van der Waals surface area contributed by atoms with Crippen LogP contribution in [-0.2, 0) is 28.5 Å². The first kappa shape index (κ1) is 61.3. The Kier molecular flexibility index (Phi) is 34.8. The number of rotatable bonds is 41. The van der Waals surface area contributed by atoms with E-state index in [4.69, 9.17) is 23.7 Å². The summed E-state index contributed by atoms with van der Waals surface area (Å²) in [7, 11) is 0. The van der Waals surface area contributed by atoms with E-state index in [1.807, 2.05) is 0 Å². The molecule has 1 heterocycles. The van der Waals surface area contributed by atoms with E-state index in [1.165, 1.54) is 161 Å². The molecule has 0 radical (unpaired) electrons. The summed E-state index contributed by atoms with van der Waals surface area (Å²) < 4.78 is 32.3. The monoisotopic (exact) mass is 907 g/mol. The molecule has 64 heavy (non-hydrogen) atoms. The minimum Gasteiger partial charge on any atom is -0.455 e. The van der Waals surface area contributed by atoms with Crippen molar-refractivity contribution in [3.05, 3.63) is 0 Å². The Morgan fingerprint density at radius 3 is 0.938 bits per heavy atom.